The number of piperidine rings is 1. The molecule has 10 nitrogen and oxygen atoms in total. The molecule has 5 aromatic rings. The third kappa shape index (κ3) is 4.86. The number of fused-ring (bicyclic) bond motifs is 3. The van der Waals surface area contributed by atoms with Crippen molar-refractivity contribution in [1.82, 2.24) is 34.0 Å². The maximum Gasteiger partial charge on any atom is 0.259 e. The largest absolute Gasteiger partial charge is 0.377 e. The van der Waals surface area contributed by atoms with Crippen molar-refractivity contribution < 1.29 is 4.79 Å². The molecule has 1 aliphatic heterocycles. The summed E-state index contributed by atoms with van der Waals surface area (Å²) in [7, 11) is 3.64. The van der Waals surface area contributed by atoms with Crippen molar-refractivity contribution in [3.05, 3.63) is 69.5 Å². The zero-order valence-corrected chi connectivity index (χ0v) is 24.6. The molecular formula is C30H33ClN8O2. The normalized spacial score (nSPS) is 15.1. The molecule has 0 saturated carbocycles. The number of rotatable bonds is 5. The summed E-state index contributed by atoms with van der Waals surface area (Å²) in [5, 5.41) is 15.7. The number of pyridine rings is 2. The number of aryl methyl sites for hydroxylation is 3. The van der Waals surface area contributed by atoms with Gasteiger partial charge in [0.2, 0.25) is 5.91 Å². The smallest absolute Gasteiger partial charge is 0.259 e. The molecule has 1 aliphatic rings. The zero-order chi connectivity index (χ0) is 29.0. The van der Waals surface area contributed by atoms with Gasteiger partial charge in [0.05, 0.1) is 23.6 Å². The van der Waals surface area contributed by atoms with E-state index in [4.69, 9.17) is 16.7 Å². The molecule has 212 valence electrons. The molecule has 0 bridgehead atoms. The Kier molecular flexibility index (Phi) is 6.81. The number of aromatic nitrogens is 6. The number of carbonyl (C=O) groups is 1. The van der Waals surface area contributed by atoms with Crippen molar-refractivity contribution in [3.63, 3.8) is 0 Å². The van der Waals surface area contributed by atoms with E-state index in [1.807, 2.05) is 41.9 Å². The molecule has 1 atom stereocenters. The summed E-state index contributed by atoms with van der Waals surface area (Å²) in [6.45, 7) is 7.12. The maximum absolute atomic E-state index is 13.6. The van der Waals surface area contributed by atoms with Gasteiger partial charge in [0.25, 0.3) is 5.56 Å². The molecule has 1 fully saturated rings. The van der Waals surface area contributed by atoms with Gasteiger partial charge in [-0.3, -0.25) is 23.5 Å². The zero-order valence-electron chi connectivity index (χ0n) is 23.8. The van der Waals surface area contributed by atoms with Crippen LogP contribution in [0.1, 0.15) is 49.9 Å². The molecule has 0 aliphatic carbocycles. The minimum Gasteiger partial charge on any atom is -0.377 e. The van der Waals surface area contributed by atoms with Crippen LogP contribution in [0, 0.1) is 6.92 Å². The van der Waals surface area contributed by atoms with Crippen LogP contribution in [0.5, 0.6) is 0 Å². The van der Waals surface area contributed by atoms with Crippen LogP contribution in [-0.4, -0.2) is 53.0 Å². The molecule has 6 rings (SSSR count). The highest BCUT2D eigenvalue weighted by molar-refractivity contribution is 6.29. The van der Waals surface area contributed by atoms with Gasteiger partial charge in [-0.1, -0.05) is 17.7 Å². The van der Waals surface area contributed by atoms with E-state index in [2.05, 4.69) is 34.6 Å². The van der Waals surface area contributed by atoms with Crippen molar-refractivity contribution in [2.24, 2.45) is 14.1 Å². The van der Waals surface area contributed by atoms with Crippen LogP contribution in [0.4, 0.5) is 5.69 Å². The Labute approximate surface area is 242 Å². The van der Waals surface area contributed by atoms with E-state index in [-0.39, 0.29) is 23.6 Å². The Morgan fingerprint density at radius 3 is 2.56 bits per heavy atom. The third-order valence-electron chi connectivity index (χ3n) is 8.11. The fraction of sp³-hybridized carbons (Fsp3) is 0.367. The van der Waals surface area contributed by atoms with Gasteiger partial charge < -0.3 is 10.2 Å². The number of carbonyl (C=O) groups excluding carboxylic acids is 1. The van der Waals surface area contributed by atoms with Crippen LogP contribution in [0.3, 0.4) is 0 Å². The van der Waals surface area contributed by atoms with Gasteiger partial charge in [0.1, 0.15) is 5.15 Å². The number of nitrogens with zero attached hydrogens (tertiary/aromatic N) is 7. The predicted molar refractivity (Wildman–Crippen MR) is 161 cm³/mol. The van der Waals surface area contributed by atoms with Gasteiger partial charge in [-0.25, -0.2) is 4.98 Å². The highest BCUT2D eigenvalue weighted by Gasteiger charge is 2.25. The summed E-state index contributed by atoms with van der Waals surface area (Å²) < 4.78 is 5.36. The molecule has 1 aromatic carbocycles. The second-order valence-electron chi connectivity index (χ2n) is 11.0. The molecule has 1 unspecified atom stereocenters. The number of benzene rings is 1. The molecule has 41 heavy (non-hydrogen) atoms. The quantitative estimate of drug-likeness (QED) is 0.297. The third-order valence-corrected chi connectivity index (χ3v) is 8.32. The highest BCUT2D eigenvalue weighted by Crippen LogP contribution is 2.35. The minimum atomic E-state index is -0.173. The average Bonchev–Trinajstić information content (AvgIpc) is 3.59. The lowest BCUT2D eigenvalue weighted by Crippen LogP contribution is -2.37. The standard InChI is InChI=1S/C30H33ClN8O2/c1-17-12-22(18(2)33-25-6-7-26(31)34-28(25)20-14-32-36(4)15-20)27-23(13-17)30(41)37(5)29-24(27)16-39(35-29)21-8-10-38(11-9-21)19(3)40/h6-7,12-16,18,21,33H,8-11H2,1-5H3. The number of amides is 1. The number of halogens is 1. The SMILES string of the molecule is CC(=O)N1CCC(n2cc3c4c(C(C)Nc5ccc(Cl)nc5-c5cnn(C)c5)cc(C)cc4c(=O)n(C)c3n2)CC1. The van der Waals surface area contributed by atoms with Crippen LogP contribution in [-0.2, 0) is 18.9 Å². The first kappa shape index (κ1) is 27.0. The van der Waals surface area contributed by atoms with E-state index in [1.54, 1.807) is 35.5 Å². The van der Waals surface area contributed by atoms with Crippen LogP contribution in [0.2, 0.25) is 5.15 Å². The predicted octanol–water partition coefficient (Wildman–Crippen LogP) is 5.00. The van der Waals surface area contributed by atoms with Crippen molar-refractivity contribution in [1.29, 1.82) is 0 Å². The van der Waals surface area contributed by atoms with Gasteiger partial charge in [-0.2, -0.15) is 10.2 Å². The fourth-order valence-corrected chi connectivity index (χ4v) is 6.11. The minimum absolute atomic E-state index is 0.0782. The van der Waals surface area contributed by atoms with Crippen LogP contribution in [0.15, 0.2) is 47.7 Å². The van der Waals surface area contributed by atoms with E-state index in [9.17, 15) is 9.59 Å². The van der Waals surface area contributed by atoms with E-state index in [0.717, 1.165) is 46.0 Å². The van der Waals surface area contributed by atoms with Crippen molar-refractivity contribution in [2.45, 2.75) is 45.7 Å². The molecule has 1 N–H and O–H groups in total. The molecule has 11 heteroatoms. The lowest BCUT2D eigenvalue weighted by atomic mass is 9.95. The number of nitrogens with one attached hydrogen (secondary N) is 1. The van der Waals surface area contributed by atoms with Crippen LogP contribution >= 0.6 is 11.6 Å². The van der Waals surface area contributed by atoms with Gasteiger partial charge in [-0.15, -0.1) is 0 Å². The molecule has 0 radical (unpaired) electrons. The second-order valence-corrected chi connectivity index (χ2v) is 11.4. The van der Waals surface area contributed by atoms with Crippen LogP contribution < -0.4 is 10.9 Å². The van der Waals surface area contributed by atoms with E-state index >= 15 is 0 Å². The first-order chi connectivity index (χ1) is 19.6. The average molecular weight is 573 g/mol. The molecule has 1 amide bonds. The first-order valence-electron chi connectivity index (χ1n) is 13.8. The topological polar surface area (TPSA) is 103 Å². The van der Waals surface area contributed by atoms with E-state index in [0.29, 0.717) is 35.0 Å². The monoisotopic (exact) mass is 572 g/mol. The summed E-state index contributed by atoms with van der Waals surface area (Å²) in [6.07, 6.45) is 7.38. The lowest BCUT2D eigenvalue weighted by molar-refractivity contribution is -0.130. The van der Waals surface area contributed by atoms with Gasteiger partial charge >= 0.3 is 0 Å². The molecule has 4 aromatic heterocycles. The second kappa shape index (κ2) is 10.3. The van der Waals surface area contributed by atoms with Crippen LogP contribution in [0.25, 0.3) is 33.1 Å². The number of hydrogen-bond acceptors (Lipinski definition) is 6. The Bertz CT molecular complexity index is 1860. The Hall–Kier alpha value is -4.18. The Balaban J connectivity index is 1.45. The van der Waals surface area contributed by atoms with E-state index in [1.165, 1.54) is 0 Å². The summed E-state index contributed by atoms with van der Waals surface area (Å²) in [6, 6.07) is 7.77. The highest BCUT2D eigenvalue weighted by atomic mass is 35.5. The molecule has 5 heterocycles. The summed E-state index contributed by atoms with van der Waals surface area (Å²) in [5.74, 6) is 0.103. The molecular weight excluding hydrogens is 540 g/mol. The summed E-state index contributed by atoms with van der Waals surface area (Å²) in [4.78, 5) is 31.9. The van der Waals surface area contributed by atoms with Gasteiger partial charge in [-0.05, 0) is 56.0 Å². The Morgan fingerprint density at radius 1 is 1.12 bits per heavy atom. The molecule has 0 spiro atoms. The fourth-order valence-electron chi connectivity index (χ4n) is 5.97. The number of hydrogen-bond donors (Lipinski definition) is 1. The Morgan fingerprint density at radius 2 is 1.88 bits per heavy atom. The maximum atomic E-state index is 13.6. The van der Waals surface area contributed by atoms with Crippen molar-refractivity contribution in [3.8, 4) is 11.3 Å². The molecule has 1 saturated heterocycles. The van der Waals surface area contributed by atoms with Crippen molar-refractivity contribution in [2.75, 3.05) is 18.4 Å². The number of likely N-dealkylation sites (tertiary alicyclic amines) is 1. The van der Waals surface area contributed by atoms with Gasteiger partial charge in [0, 0.05) is 74.3 Å². The van der Waals surface area contributed by atoms with Gasteiger partial charge in [0.15, 0.2) is 5.65 Å². The number of anilines is 1. The van der Waals surface area contributed by atoms with E-state index < -0.39 is 0 Å². The lowest BCUT2D eigenvalue weighted by Gasteiger charge is -2.31. The summed E-state index contributed by atoms with van der Waals surface area (Å²) >= 11 is 6.28. The summed E-state index contributed by atoms with van der Waals surface area (Å²) in [5.41, 5.74) is 4.96. The first-order valence-corrected chi connectivity index (χ1v) is 14.2. The van der Waals surface area contributed by atoms with Crippen molar-refractivity contribution >= 4 is 45.0 Å².